The van der Waals surface area contributed by atoms with Gasteiger partial charge in [-0.1, -0.05) is 32.9 Å². The van der Waals surface area contributed by atoms with Gasteiger partial charge in [0.15, 0.2) is 0 Å². The molecule has 0 saturated heterocycles. The SMILES string of the molecule is CC(=O)NC1CC=CC(C(C)(C)C)C1. The van der Waals surface area contributed by atoms with Gasteiger partial charge in [-0.15, -0.1) is 0 Å². The second-order valence-electron chi connectivity index (χ2n) is 5.27. The zero-order valence-corrected chi connectivity index (χ0v) is 9.63. The molecule has 2 heteroatoms. The fraction of sp³-hybridized carbons (Fsp3) is 0.750. The number of carbonyl (C=O) groups excluding carboxylic acids is 1. The minimum atomic E-state index is 0.0814. The van der Waals surface area contributed by atoms with Crippen LogP contribution in [0.3, 0.4) is 0 Å². The summed E-state index contributed by atoms with van der Waals surface area (Å²) < 4.78 is 0. The van der Waals surface area contributed by atoms with Crippen LogP contribution in [-0.2, 0) is 4.79 Å². The maximum absolute atomic E-state index is 10.9. The third kappa shape index (κ3) is 3.17. The van der Waals surface area contributed by atoms with E-state index in [9.17, 15) is 4.79 Å². The average molecular weight is 195 g/mol. The van der Waals surface area contributed by atoms with Gasteiger partial charge in [-0.05, 0) is 24.2 Å². The lowest BCUT2D eigenvalue weighted by Gasteiger charge is -2.34. The Morgan fingerprint density at radius 2 is 2.07 bits per heavy atom. The van der Waals surface area contributed by atoms with E-state index in [0.29, 0.717) is 17.4 Å². The molecule has 1 aliphatic carbocycles. The van der Waals surface area contributed by atoms with Gasteiger partial charge >= 0.3 is 0 Å². The van der Waals surface area contributed by atoms with Crippen molar-refractivity contribution < 1.29 is 4.79 Å². The highest BCUT2D eigenvalue weighted by Crippen LogP contribution is 2.33. The molecule has 0 aromatic carbocycles. The first-order chi connectivity index (χ1) is 6.39. The molecule has 0 aliphatic heterocycles. The number of rotatable bonds is 1. The van der Waals surface area contributed by atoms with Crippen LogP contribution in [0, 0.1) is 11.3 Å². The van der Waals surface area contributed by atoms with Crippen LogP contribution in [0.2, 0.25) is 0 Å². The van der Waals surface area contributed by atoms with Gasteiger partial charge in [0.25, 0.3) is 0 Å². The third-order valence-corrected chi connectivity index (χ3v) is 2.85. The van der Waals surface area contributed by atoms with Gasteiger partial charge in [0.05, 0.1) is 0 Å². The summed E-state index contributed by atoms with van der Waals surface area (Å²) in [6.45, 7) is 8.33. The zero-order chi connectivity index (χ0) is 10.8. The van der Waals surface area contributed by atoms with Crippen LogP contribution in [0.4, 0.5) is 0 Å². The first-order valence-electron chi connectivity index (χ1n) is 5.33. The van der Waals surface area contributed by atoms with Crippen molar-refractivity contribution in [1.29, 1.82) is 0 Å². The van der Waals surface area contributed by atoms with E-state index in [1.54, 1.807) is 6.92 Å². The Morgan fingerprint density at radius 1 is 1.43 bits per heavy atom. The lowest BCUT2D eigenvalue weighted by molar-refractivity contribution is -0.119. The standard InChI is InChI=1S/C12H21NO/c1-9(14)13-11-7-5-6-10(8-11)12(2,3)4/h5-6,10-11H,7-8H2,1-4H3,(H,13,14). The Kier molecular flexibility index (Phi) is 3.35. The van der Waals surface area contributed by atoms with Gasteiger partial charge in [0, 0.05) is 13.0 Å². The number of carbonyl (C=O) groups is 1. The summed E-state index contributed by atoms with van der Waals surface area (Å²) in [7, 11) is 0. The van der Waals surface area contributed by atoms with Crippen LogP contribution in [0.1, 0.15) is 40.5 Å². The minimum absolute atomic E-state index is 0.0814. The number of hydrogen-bond donors (Lipinski definition) is 1. The highest BCUT2D eigenvalue weighted by atomic mass is 16.1. The normalized spacial score (nSPS) is 27.4. The molecule has 0 saturated carbocycles. The highest BCUT2D eigenvalue weighted by molar-refractivity contribution is 5.73. The molecule has 0 radical (unpaired) electrons. The van der Waals surface area contributed by atoms with Crippen LogP contribution < -0.4 is 5.32 Å². The van der Waals surface area contributed by atoms with Crippen molar-refractivity contribution in [1.82, 2.24) is 5.32 Å². The molecule has 1 N–H and O–H groups in total. The maximum atomic E-state index is 10.9. The maximum Gasteiger partial charge on any atom is 0.217 e. The van der Waals surface area contributed by atoms with Crippen LogP contribution >= 0.6 is 0 Å². The molecule has 0 heterocycles. The van der Waals surface area contributed by atoms with Gasteiger partial charge in [-0.2, -0.15) is 0 Å². The second-order valence-corrected chi connectivity index (χ2v) is 5.27. The average Bonchev–Trinajstić information content (AvgIpc) is 2.01. The number of amides is 1. The van der Waals surface area contributed by atoms with Gasteiger partial charge in [0.1, 0.15) is 0 Å². The molecule has 1 rings (SSSR count). The number of allylic oxidation sites excluding steroid dienone is 1. The van der Waals surface area contributed by atoms with Crippen molar-refractivity contribution in [2.75, 3.05) is 0 Å². The van der Waals surface area contributed by atoms with Crippen LogP contribution in [0.25, 0.3) is 0 Å². The van der Waals surface area contributed by atoms with E-state index in [0.717, 1.165) is 12.8 Å². The van der Waals surface area contributed by atoms with Gasteiger partial charge < -0.3 is 5.32 Å². The van der Waals surface area contributed by atoms with Crippen molar-refractivity contribution in [3.05, 3.63) is 12.2 Å². The van der Waals surface area contributed by atoms with Crippen molar-refractivity contribution in [3.8, 4) is 0 Å². The molecule has 2 unspecified atom stereocenters. The lowest BCUT2D eigenvalue weighted by atomic mass is 9.74. The summed E-state index contributed by atoms with van der Waals surface area (Å²) in [5, 5.41) is 2.99. The third-order valence-electron chi connectivity index (χ3n) is 2.85. The highest BCUT2D eigenvalue weighted by Gasteiger charge is 2.27. The summed E-state index contributed by atoms with van der Waals surface area (Å²) >= 11 is 0. The molecule has 0 aromatic rings. The van der Waals surface area contributed by atoms with E-state index in [4.69, 9.17) is 0 Å². The molecule has 0 spiro atoms. The summed E-state index contributed by atoms with van der Waals surface area (Å²) in [6.07, 6.45) is 6.53. The van der Waals surface area contributed by atoms with E-state index in [2.05, 4.69) is 38.2 Å². The molecular formula is C12H21NO. The predicted molar refractivity (Wildman–Crippen MR) is 58.9 cm³/mol. The molecule has 2 nitrogen and oxygen atoms in total. The number of hydrogen-bond acceptors (Lipinski definition) is 1. The quantitative estimate of drug-likeness (QED) is 0.640. The van der Waals surface area contributed by atoms with Crippen molar-refractivity contribution in [3.63, 3.8) is 0 Å². The Bertz CT molecular complexity index is 237. The molecule has 0 aromatic heterocycles. The summed E-state index contributed by atoms with van der Waals surface area (Å²) in [4.78, 5) is 10.9. The van der Waals surface area contributed by atoms with E-state index >= 15 is 0 Å². The Balaban J connectivity index is 2.56. The molecule has 14 heavy (non-hydrogen) atoms. The van der Waals surface area contributed by atoms with Gasteiger partial charge in [0.2, 0.25) is 5.91 Å². The van der Waals surface area contributed by atoms with Crippen molar-refractivity contribution in [2.45, 2.75) is 46.6 Å². The van der Waals surface area contributed by atoms with Crippen LogP contribution in [0.15, 0.2) is 12.2 Å². The molecule has 0 fully saturated rings. The van der Waals surface area contributed by atoms with Crippen molar-refractivity contribution >= 4 is 5.91 Å². The zero-order valence-electron chi connectivity index (χ0n) is 9.63. The Hall–Kier alpha value is -0.790. The smallest absolute Gasteiger partial charge is 0.217 e. The van der Waals surface area contributed by atoms with E-state index in [-0.39, 0.29) is 5.91 Å². The molecule has 1 aliphatic rings. The van der Waals surface area contributed by atoms with Crippen LogP contribution in [0.5, 0.6) is 0 Å². The van der Waals surface area contributed by atoms with E-state index in [1.807, 2.05) is 0 Å². The predicted octanol–water partition coefficient (Wildman–Crippen LogP) is 2.50. The topological polar surface area (TPSA) is 29.1 Å². The molecule has 0 bridgehead atoms. The fourth-order valence-corrected chi connectivity index (χ4v) is 1.94. The molecule has 80 valence electrons. The van der Waals surface area contributed by atoms with Crippen LogP contribution in [-0.4, -0.2) is 11.9 Å². The molecule has 2 atom stereocenters. The minimum Gasteiger partial charge on any atom is -0.353 e. The summed E-state index contributed by atoms with van der Waals surface area (Å²) in [5.74, 6) is 0.658. The first-order valence-corrected chi connectivity index (χ1v) is 5.33. The second kappa shape index (κ2) is 4.16. The monoisotopic (exact) mass is 195 g/mol. The molecular weight excluding hydrogens is 174 g/mol. The summed E-state index contributed by atoms with van der Waals surface area (Å²) in [6, 6.07) is 0.335. The summed E-state index contributed by atoms with van der Waals surface area (Å²) in [5.41, 5.74) is 0.299. The lowest BCUT2D eigenvalue weighted by Crippen LogP contribution is -2.38. The van der Waals surface area contributed by atoms with E-state index < -0.39 is 0 Å². The van der Waals surface area contributed by atoms with Crippen molar-refractivity contribution in [2.24, 2.45) is 11.3 Å². The largest absolute Gasteiger partial charge is 0.353 e. The van der Waals surface area contributed by atoms with Gasteiger partial charge in [-0.25, -0.2) is 0 Å². The Labute approximate surface area is 86.8 Å². The molecule has 1 amide bonds. The first kappa shape index (κ1) is 11.3. The van der Waals surface area contributed by atoms with E-state index in [1.165, 1.54) is 0 Å². The Morgan fingerprint density at radius 3 is 2.57 bits per heavy atom. The number of nitrogens with one attached hydrogen (secondary N) is 1. The fourth-order valence-electron chi connectivity index (χ4n) is 1.94. The van der Waals surface area contributed by atoms with Gasteiger partial charge in [-0.3, -0.25) is 4.79 Å².